The van der Waals surface area contributed by atoms with Crippen molar-refractivity contribution in [2.75, 3.05) is 6.54 Å². The molecule has 0 unspecified atom stereocenters. The molecule has 0 aliphatic heterocycles. The summed E-state index contributed by atoms with van der Waals surface area (Å²) >= 11 is 5.10. The standard InChI is InChI=1S/C11H16BrNO2S/c1-11(2,3)13(7-10(14)15)6-9-8(12)4-5-16-9/h4-5H,6-7H2,1-3H3,(H,14,15). The molecular formula is C11H16BrNO2S. The molecule has 0 bridgehead atoms. The van der Waals surface area contributed by atoms with Crippen LogP contribution in [0.2, 0.25) is 0 Å². The maximum atomic E-state index is 10.8. The van der Waals surface area contributed by atoms with E-state index in [4.69, 9.17) is 5.11 Å². The lowest BCUT2D eigenvalue weighted by Crippen LogP contribution is -2.43. The van der Waals surface area contributed by atoms with Crippen LogP contribution in [0, 0.1) is 0 Å². The second-order valence-corrected chi connectivity index (χ2v) is 6.47. The highest BCUT2D eigenvalue weighted by atomic mass is 79.9. The number of carboxylic acid groups (broad SMARTS) is 1. The molecule has 1 aromatic heterocycles. The van der Waals surface area contributed by atoms with Crippen molar-refractivity contribution in [3.05, 3.63) is 20.8 Å². The van der Waals surface area contributed by atoms with Gasteiger partial charge < -0.3 is 5.11 Å². The van der Waals surface area contributed by atoms with Gasteiger partial charge in [-0.3, -0.25) is 9.69 Å². The Hall–Kier alpha value is -0.390. The van der Waals surface area contributed by atoms with Gasteiger partial charge in [0.05, 0.1) is 6.54 Å². The molecule has 0 aliphatic rings. The van der Waals surface area contributed by atoms with Crippen LogP contribution in [0.3, 0.4) is 0 Å². The first-order chi connectivity index (χ1) is 7.30. The van der Waals surface area contributed by atoms with Crippen LogP contribution in [0.4, 0.5) is 0 Å². The molecule has 16 heavy (non-hydrogen) atoms. The smallest absolute Gasteiger partial charge is 0.317 e. The molecule has 0 atom stereocenters. The molecule has 0 aliphatic carbocycles. The third kappa shape index (κ3) is 3.88. The Morgan fingerprint density at radius 3 is 2.56 bits per heavy atom. The molecule has 5 heteroatoms. The minimum absolute atomic E-state index is 0.0633. The average molecular weight is 306 g/mol. The summed E-state index contributed by atoms with van der Waals surface area (Å²) < 4.78 is 1.05. The third-order valence-electron chi connectivity index (χ3n) is 2.30. The lowest BCUT2D eigenvalue weighted by atomic mass is 10.1. The lowest BCUT2D eigenvalue weighted by Gasteiger charge is -2.34. The number of hydrogen-bond donors (Lipinski definition) is 1. The Bertz CT molecular complexity index is 370. The monoisotopic (exact) mass is 305 g/mol. The average Bonchev–Trinajstić information content (AvgIpc) is 2.48. The summed E-state index contributed by atoms with van der Waals surface area (Å²) in [5.74, 6) is -0.789. The number of carboxylic acids is 1. The molecule has 3 nitrogen and oxygen atoms in total. The fraction of sp³-hybridized carbons (Fsp3) is 0.545. The molecule has 0 spiro atoms. The first kappa shape index (κ1) is 13.7. The number of thiophene rings is 1. The van der Waals surface area contributed by atoms with Gasteiger partial charge in [0.1, 0.15) is 0 Å². The van der Waals surface area contributed by atoms with Gasteiger partial charge in [0, 0.05) is 21.4 Å². The minimum Gasteiger partial charge on any atom is -0.480 e. The summed E-state index contributed by atoms with van der Waals surface area (Å²) in [7, 11) is 0. The van der Waals surface area contributed by atoms with Crippen molar-refractivity contribution in [2.24, 2.45) is 0 Å². The molecule has 0 saturated heterocycles. The van der Waals surface area contributed by atoms with E-state index in [9.17, 15) is 4.79 Å². The number of hydrogen-bond acceptors (Lipinski definition) is 3. The van der Waals surface area contributed by atoms with Gasteiger partial charge in [-0.1, -0.05) is 0 Å². The van der Waals surface area contributed by atoms with Crippen LogP contribution in [-0.4, -0.2) is 28.1 Å². The maximum absolute atomic E-state index is 10.8. The van der Waals surface area contributed by atoms with Gasteiger partial charge in [0.2, 0.25) is 0 Å². The Labute approximate surface area is 108 Å². The van der Waals surface area contributed by atoms with Crippen LogP contribution < -0.4 is 0 Å². The van der Waals surface area contributed by atoms with Crippen LogP contribution in [0.1, 0.15) is 25.6 Å². The van der Waals surface area contributed by atoms with E-state index in [2.05, 4.69) is 15.9 Å². The highest BCUT2D eigenvalue weighted by molar-refractivity contribution is 9.10. The predicted octanol–water partition coefficient (Wildman–Crippen LogP) is 3.20. The fourth-order valence-electron chi connectivity index (χ4n) is 1.30. The van der Waals surface area contributed by atoms with Crippen molar-refractivity contribution in [3.8, 4) is 0 Å². The zero-order valence-corrected chi connectivity index (χ0v) is 12.1. The Kier molecular flexibility index (Phi) is 4.52. The molecule has 1 rings (SSSR count). The Morgan fingerprint density at radius 1 is 1.56 bits per heavy atom. The number of halogens is 1. The summed E-state index contributed by atoms with van der Waals surface area (Å²) in [6.45, 7) is 6.80. The summed E-state index contributed by atoms with van der Waals surface area (Å²) in [6.07, 6.45) is 0. The van der Waals surface area contributed by atoms with Crippen LogP contribution in [-0.2, 0) is 11.3 Å². The normalized spacial score (nSPS) is 12.1. The molecule has 0 fully saturated rings. The van der Waals surface area contributed by atoms with Crippen molar-refractivity contribution in [2.45, 2.75) is 32.9 Å². The van der Waals surface area contributed by atoms with E-state index in [0.29, 0.717) is 6.54 Å². The summed E-state index contributed by atoms with van der Waals surface area (Å²) in [5, 5.41) is 10.9. The molecule has 1 aromatic rings. The second-order valence-electron chi connectivity index (χ2n) is 4.61. The molecule has 1 heterocycles. The highest BCUT2D eigenvalue weighted by Gasteiger charge is 2.24. The van der Waals surface area contributed by atoms with Crippen molar-refractivity contribution in [3.63, 3.8) is 0 Å². The molecule has 1 N–H and O–H groups in total. The largest absolute Gasteiger partial charge is 0.480 e. The number of rotatable bonds is 4. The number of carbonyl (C=O) groups is 1. The first-order valence-corrected chi connectivity index (χ1v) is 6.66. The van der Waals surface area contributed by atoms with E-state index < -0.39 is 5.97 Å². The van der Waals surface area contributed by atoms with Crippen LogP contribution in [0.5, 0.6) is 0 Å². The lowest BCUT2D eigenvalue weighted by molar-refractivity contribution is -0.139. The van der Waals surface area contributed by atoms with Gasteiger partial charge in [0.15, 0.2) is 0 Å². The predicted molar refractivity (Wildman–Crippen MR) is 69.8 cm³/mol. The molecule has 0 saturated carbocycles. The molecular weight excluding hydrogens is 290 g/mol. The van der Waals surface area contributed by atoms with Gasteiger partial charge in [-0.2, -0.15) is 0 Å². The topological polar surface area (TPSA) is 40.5 Å². The molecule has 90 valence electrons. The number of nitrogens with zero attached hydrogens (tertiary/aromatic N) is 1. The quantitative estimate of drug-likeness (QED) is 0.928. The SMILES string of the molecule is CC(C)(C)N(CC(=O)O)Cc1sccc1Br. The third-order valence-corrected chi connectivity index (χ3v) is 4.21. The number of aliphatic carboxylic acids is 1. The van der Waals surface area contributed by atoms with Crippen LogP contribution >= 0.6 is 27.3 Å². The summed E-state index contributed by atoms with van der Waals surface area (Å²) in [4.78, 5) is 13.9. The molecule has 0 aromatic carbocycles. The first-order valence-electron chi connectivity index (χ1n) is 4.99. The van der Waals surface area contributed by atoms with Crippen molar-refractivity contribution in [1.29, 1.82) is 0 Å². The van der Waals surface area contributed by atoms with Crippen molar-refractivity contribution < 1.29 is 9.90 Å². The summed E-state index contributed by atoms with van der Waals surface area (Å²) in [5.41, 5.74) is -0.151. The zero-order chi connectivity index (χ0) is 12.3. The van der Waals surface area contributed by atoms with E-state index >= 15 is 0 Å². The summed E-state index contributed by atoms with van der Waals surface area (Å²) in [6, 6.07) is 1.99. The van der Waals surface area contributed by atoms with Gasteiger partial charge in [-0.15, -0.1) is 11.3 Å². The fourth-order valence-corrected chi connectivity index (χ4v) is 2.80. The van der Waals surface area contributed by atoms with E-state index in [0.717, 1.165) is 9.35 Å². The van der Waals surface area contributed by atoms with E-state index in [1.165, 1.54) is 0 Å². The van der Waals surface area contributed by atoms with Crippen LogP contribution in [0.25, 0.3) is 0 Å². The Balaban J connectivity index is 2.79. The van der Waals surface area contributed by atoms with Gasteiger partial charge in [0.25, 0.3) is 0 Å². The highest BCUT2D eigenvalue weighted by Crippen LogP contribution is 2.26. The van der Waals surface area contributed by atoms with E-state index in [1.807, 2.05) is 37.1 Å². The van der Waals surface area contributed by atoms with Crippen molar-refractivity contribution >= 4 is 33.2 Å². The van der Waals surface area contributed by atoms with Gasteiger partial charge >= 0.3 is 5.97 Å². The zero-order valence-electron chi connectivity index (χ0n) is 9.66. The van der Waals surface area contributed by atoms with E-state index in [-0.39, 0.29) is 12.1 Å². The Morgan fingerprint density at radius 2 is 2.19 bits per heavy atom. The molecule has 0 radical (unpaired) electrons. The maximum Gasteiger partial charge on any atom is 0.317 e. The van der Waals surface area contributed by atoms with Gasteiger partial charge in [-0.25, -0.2) is 0 Å². The second kappa shape index (κ2) is 5.29. The van der Waals surface area contributed by atoms with Crippen LogP contribution in [0.15, 0.2) is 15.9 Å². The van der Waals surface area contributed by atoms with Gasteiger partial charge in [-0.05, 0) is 48.1 Å². The molecule has 0 amide bonds. The van der Waals surface area contributed by atoms with E-state index in [1.54, 1.807) is 11.3 Å². The van der Waals surface area contributed by atoms with Crippen molar-refractivity contribution in [1.82, 2.24) is 4.90 Å². The minimum atomic E-state index is -0.789.